The maximum atomic E-state index is 12.0. The standard InChI is InChI=1S/C17H21BrN2O/c1-19-14-6-5-12(9-15(14)20(2)17(19)21)16(18)13-8-10-3-4-11(13)7-10/h5-6,9-11,13,16H,3-4,7-8H2,1-2H3. The number of hydrogen-bond donors (Lipinski definition) is 0. The van der Waals surface area contributed by atoms with Crippen LogP contribution in [0.25, 0.3) is 11.0 Å². The summed E-state index contributed by atoms with van der Waals surface area (Å²) in [6.07, 6.45) is 5.64. The number of nitrogens with zero attached hydrogens (tertiary/aromatic N) is 2. The fourth-order valence-corrected chi connectivity index (χ4v) is 5.53. The van der Waals surface area contributed by atoms with Gasteiger partial charge in [-0.1, -0.05) is 28.4 Å². The van der Waals surface area contributed by atoms with Crippen molar-refractivity contribution in [2.24, 2.45) is 31.8 Å². The Kier molecular flexibility index (Phi) is 3.07. The van der Waals surface area contributed by atoms with Gasteiger partial charge < -0.3 is 0 Å². The predicted molar refractivity (Wildman–Crippen MR) is 88.8 cm³/mol. The van der Waals surface area contributed by atoms with E-state index >= 15 is 0 Å². The van der Waals surface area contributed by atoms with Crippen molar-refractivity contribution in [1.29, 1.82) is 0 Å². The number of fused-ring (bicyclic) bond motifs is 3. The highest BCUT2D eigenvalue weighted by Gasteiger charge is 2.42. The van der Waals surface area contributed by atoms with Gasteiger partial charge in [0.1, 0.15) is 0 Å². The maximum Gasteiger partial charge on any atom is 0.328 e. The molecule has 4 rings (SSSR count). The van der Waals surface area contributed by atoms with E-state index < -0.39 is 0 Å². The zero-order valence-corrected chi connectivity index (χ0v) is 14.1. The van der Waals surface area contributed by atoms with Crippen LogP contribution in [-0.2, 0) is 14.1 Å². The number of aryl methyl sites for hydroxylation is 2. The molecular formula is C17H21BrN2O. The minimum absolute atomic E-state index is 0.0493. The SMILES string of the molecule is Cn1c(=O)n(C)c2cc(C(Br)C3CC4CCC3C4)ccc21. The summed E-state index contributed by atoms with van der Waals surface area (Å²) in [6, 6.07) is 6.48. The number of benzene rings is 1. The molecule has 1 heterocycles. The summed E-state index contributed by atoms with van der Waals surface area (Å²) in [5, 5.41) is 0. The average Bonchev–Trinajstić information content (AvgIpc) is 3.18. The van der Waals surface area contributed by atoms with E-state index in [-0.39, 0.29) is 5.69 Å². The van der Waals surface area contributed by atoms with Gasteiger partial charge in [-0.2, -0.15) is 0 Å². The van der Waals surface area contributed by atoms with Gasteiger partial charge >= 0.3 is 5.69 Å². The van der Waals surface area contributed by atoms with Gasteiger partial charge in [0.05, 0.1) is 11.0 Å². The van der Waals surface area contributed by atoms with E-state index in [1.807, 2.05) is 14.1 Å². The van der Waals surface area contributed by atoms with Crippen LogP contribution in [-0.4, -0.2) is 9.13 Å². The summed E-state index contributed by atoms with van der Waals surface area (Å²) < 4.78 is 3.47. The second-order valence-corrected chi connectivity index (χ2v) is 7.88. The molecule has 112 valence electrons. The minimum atomic E-state index is 0.0493. The smallest absolute Gasteiger partial charge is 0.295 e. The van der Waals surface area contributed by atoms with Gasteiger partial charge in [-0.25, -0.2) is 4.79 Å². The van der Waals surface area contributed by atoms with Crippen molar-refractivity contribution in [1.82, 2.24) is 9.13 Å². The number of imidazole rings is 1. The van der Waals surface area contributed by atoms with Gasteiger partial charge in [-0.15, -0.1) is 0 Å². The summed E-state index contributed by atoms with van der Waals surface area (Å²) in [7, 11) is 3.70. The molecular weight excluding hydrogens is 328 g/mol. The van der Waals surface area contributed by atoms with Gasteiger partial charge in [-0.3, -0.25) is 9.13 Å². The topological polar surface area (TPSA) is 26.9 Å². The molecule has 0 spiro atoms. The second kappa shape index (κ2) is 4.73. The molecule has 0 amide bonds. The van der Waals surface area contributed by atoms with Gasteiger partial charge in [0, 0.05) is 18.9 Å². The molecule has 2 aromatic rings. The molecule has 0 aliphatic heterocycles. The summed E-state index contributed by atoms with van der Waals surface area (Å²) in [4.78, 5) is 12.5. The van der Waals surface area contributed by atoms with Crippen LogP contribution in [0.5, 0.6) is 0 Å². The Morgan fingerprint density at radius 2 is 1.90 bits per heavy atom. The molecule has 4 unspecified atom stereocenters. The lowest BCUT2D eigenvalue weighted by Gasteiger charge is -2.27. The normalized spacial score (nSPS) is 29.4. The first-order valence-corrected chi connectivity index (χ1v) is 8.77. The van der Waals surface area contributed by atoms with E-state index in [1.54, 1.807) is 9.13 Å². The van der Waals surface area contributed by atoms with Crippen LogP contribution in [0.4, 0.5) is 0 Å². The van der Waals surface area contributed by atoms with Crippen LogP contribution in [0.1, 0.15) is 36.1 Å². The van der Waals surface area contributed by atoms with Crippen molar-refractivity contribution < 1.29 is 0 Å². The van der Waals surface area contributed by atoms with Crippen molar-refractivity contribution in [2.45, 2.75) is 30.5 Å². The number of aromatic nitrogens is 2. The van der Waals surface area contributed by atoms with Gasteiger partial charge in [-0.05, 0) is 54.7 Å². The monoisotopic (exact) mass is 348 g/mol. The van der Waals surface area contributed by atoms with Crippen LogP contribution < -0.4 is 5.69 Å². The molecule has 4 atom stereocenters. The van der Waals surface area contributed by atoms with Gasteiger partial charge in [0.2, 0.25) is 0 Å². The Bertz CT molecular complexity index is 760. The number of alkyl halides is 1. The van der Waals surface area contributed by atoms with Crippen molar-refractivity contribution in [3.63, 3.8) is 0 Å². The Morgan fingerprint density at radius 3 is 2.57 bits per heavy atom. The molecule has 2 fully saturated rings. The molecule has 2 aliphatic rings. The summed E-state index contributed by atoms with van der Waals surface area (Å²) in [5.74, 6) is 2.63. The Balaban J connectivity index is 1.73. The van der Waals surface area contributed by atoms with E-state index in [1.165, 1.54) is 31.2 Å². The summed E-state index contributed by atoms with van der Waals surface area (Å²) in [5.41, 5.74) is 3.42. The minimum Gasteiger partial charge on any atom is -0.295 e. The van der Waals surface area contributed by atoms with E-state index in [9.17, 15) is 4.79 Å². The van der Waals surface area contributed by atoms with E-state index in [0.717, 1.165) is 28.8 Å². The molecule has 2 aliphatic carbocycles. The van der Waals surface area contributed by atoms with Gasteiger partial charge in [0.15, 0.2) is 0 Å². The van der Waals surface area contributed by atoms with E-state index in [0.29, 0.717) is 4.83 Å². The lowest BCUT2D eigenvalue weighted by atomic mass is 9.84. The van der Waals surface area contributed by atoms with Crippen molar-refractivity contribution in [3.8, 4) is 0 Å². The molecule has 21 heavy (non-hydrogen) atoms. The third kappa shape index (κ3) is 1.95. The maximum absolute atomic E-state index is 12.0. The van der Waals surface area contributed by atoms with E-state index in [4.69, 9.17) is 0 Å². The highest BCUT2D eigenvalue weighted by atomic mass is 79.9. The van der Waals surface area contributed by atoms with Crippen molar-refractivity contribution in [3.05, 3.63) is 34.2 Å². The average molecular weight is 349 g/mol. The van der Waals surface area contributed by atoms with Crippen molar-refractivity contribution in [2.75, 3.05) is 0 Å². The van der Waals surface area contributed by atoms with Crippen LogP contribution in [0.2, 0.25) is 0 Å². The molecule has 4 heteroatoms. The second-order valence-electron chi connectivity index (χ2n) is 6.89. The van der Waals surface area contributed by atoms with Crippen LogP contribution >= 0.6 is 15.9 Å². The largest absolute Gasteiger partial charge is 0.328 e. The Morgan fingerprint density at radius 1 is 1.14 bits per heavy atom. The predicted octanol–water partition coefficient (Wildman–Crippen LogP) is 3.75. The fourth-order valence-electron chi connectivity index (χ4n) is 4.59. The van der Waals surface area contributed by atoms with Crippen LogP contribution in [0.15, 0.2) is 23.0 Å². The quantitative estimate of drug-likeness (QED) is 0.759. The first-order chi connectivity index (χ1) is 10.1. The fraction of sp³-hybridized carbons (Fsp3) is 0.588. The van der Waals surface area contributed by atoms with Crippen LogP contribution in [0.3, 0.4) is 0 Å². The summed E-state index contributed by atoms with van der Waals surface area (Å²) in [6.45, 7) is 0. The summed E-state index contributed by atoms with van der Waals surface area (Å²) >= 11 is 3.96. The molecule has 3 nitrogen and oxygen atoms in total. The van der Waals surface area contributed by atoms with E-state index in [2.05, 4.69) is 34.1 Å². The molecule has 2 saturated carbocycles. The highest BCUT2D eigenvalue weighted by Crippen LogP contribution is 2.54. The Hall–Kier alpha value is -1.03. The molecule has 0 radical (unpaired) electrons. The number of hydrogen-bond acceptors (Lipinski definition) is 1. The third-order valence-corrected chi connectivity index (χ3v) is 6.99. The molecule has 2 bridgehead atoms. The zero-order chi connectivity index (χ0) is 14.7. The molecule has 0 N–H and O–H groups in total. The number of halogens is 1. The van der Waals surface area contributed by atoms with Crippen molar-refractivity contribution >= 4 is 27.0 Å². The molecule has 1 aromatic carbocycles. The molecule has 1 aromatic heterocycles. The number of rotatable bonds is 2. The zero-order valence-electron chi connectivity index (χ0n) is 12.6. The third-order valence-electron chi connectivity index (χ3n) is 5.78. The lowest BCUT2D eigenvalue weighted by Crippen LogP contribution is -2.19. The Labute approximate surface area is 133 Å². The highest BCUT2D eigenvalue weighted by molar-refractivity contribution is 9.09. The van der Waals surface area contributed by atoms with Crippen LogP contribution in [0, 0.1) is 17.8 Å². The molecule has 0 saturated heterocycles. The lowest BCUT2D eigenvalue weighted by molar-refractivity contribution is 0.329. The van der Waals surface area contributed by atoms with Gasteiger partial charge in [0.25, 0.3) is 0 Å². The first kappa shape index (κ1) is 13.6. The first-order valence-electron chi connectivity index (χ1n) is 7.85.